The number of nitrogens with one attached hydrogen (secondary N) is 2. The zero-order valence-electron chi connectivity index (χ0n) is 23.5. The van der Waals surface area contributed by atoms with Gasteiger partial charge in [-0.3, -0.25) is 14.8 Å². The number of aliphatic hydroxyl groups excluding tert-OH is 1. The maximum atomic E-state index is 12.2. The molecule has 0 spiro atoms. The summed E-state index contributed by atoms with van der Waals surface area (Å²) in [4.78, 5) is 39.1. The molecule has 1 saturated heterocycles. The van der Waals surface area contributed by atoms with Crippen molar-refractivity contribution in [3.05, 3.63) is 94.7 Å². The molecule has 11 nitrogen and oxygen atoms in total. The number of hydrogen-bond acceptors (Lipinski definition) is 9. The zero-order valence-corrected chi connectivity index (χ0v) is 24.3. The second-order valence-corrected chi connectivity index (χ2v) is 11.1. The molecule has 2 amide bonds. The average molecular weight is 610 g/mol. The summed E-state index contributed by atoms with van der Waals surface area (Å²) in [7, 11) is 0. The van der Waals surface area contributed by atoms with Crippen LogP contribution in [-0.4, -0.2) is 50.0 Å². The molecule has 12 heteroatoms. The smallest absolute Gasteiger partial charge is 0.338 e. The molecule has 0 saturated carbocycles. The van der Waals surface area contributed by atoms with Gasteiger partial charge in [0.2, 0.25) is 11.8 Å². The Morgan fingerprint density at radius 3 is 2.26 bits per heavy atom. The quantitative estimate of drug-likeness (QED) is 0.0770. The van der Waals surface area contributed by atoms with Crippen LogP contribution in [-0.2, 0) is 32.2 Å². The van der Waals surface area contributed by atoms with E-state index in [0.717, 1.165) is 22.3 Å². The van der Waals surface area contributed by atoms with Crippen LogP contribution in [0.2, 0.25) is 0 Å². The summed E-state index contributed by atoms with van der Waals surface area (Å²) < 4.78 is 12.7. The van der Waals surface area contributed by atoms with Crippen LogP contribution in [0.5, 0.6) is 0 Å². The molecule has 3 aromatic rings. The van der Waals surface area contributed by atoms with Gasteiger partial charge in [0, 0.05) is 43.3 Å². The van der Waals surface area contributed by atoms with Crippen LogP contribution in [0.1, 0.15) is 77.1 Å². The number of amides is 2. The van der Waals surface area contributed by atoms with Crippen LogP contribution >= 0.6 is 11.8 Å². The lowest BCUT2D eigenvalue weighted by Gasteiger charge is -2.36. The number of hydrogen-bond donors (Lipinski definition) is 5. The Morgan fingerprint density at radius 2 is 1.58 bits per heavy atom. The molecule has 1 aromatic heterocycles. The van der Waals surface area contributed by atoms with Gasteiger partial charge in [-0.15, -0.1) is 11.8 Å². The fraction of sp³-hybridized carbons (Fsp3) is 0.355. The van der Waals surface area contributed by atoms with Gasteiger partial charge in [-0.05, 0) is 41.7 Å². The van der Waals surface area contributed by atoms with Crippen molar-refractivity contribution in [2.24, 2.45) is 0 Å². The van der Waals surface area contributed by atoms with Crippen molar-refractivity contribution in [2.75, 3.05) is 5.75 Å². The first-order valence-electron chi connectivity index (χ1n) is 14.0. The lowest BCUT2D eigenvalue weighted by atomic mass is 10.0. The number of pyridine rings is 1. The second kappa shape index (κ2) is 16.1. The lowest BCUT2D eigenvalue weighted by molar-refractivity contribution is -0.245. The van der Waals surface area contributed by atoms with Gasteiger partial charge in [-0.2, -0.15) is 0 Å². The first-order valence-corrected chi connectivity index (χ1v) is 14.9. The van der Waals surface area contributed by atoms with E-state index in [2.05, 4.69) is 10.3 Å². The van der Waals surface area contributed by atoms with E-state index in [4.69, 9.17) is 14.7 Å². The molecule has 1 aliphatic rings. The van der Waals surface area contributed by atoms with Gasteiger partial charge in [0.25, 0.3) is 0 Å². The van der Waals surface area contributed by atoms with Gasteiger partial charge in [0.15, 0.2) is 6.29 Å². The lowest BCUT2D eigenvalue weighted by Crippen LogP contribution is -2.31. The number of rotatable bonds is 14. The Bertz CT molecular complexity index is 1370. The van der Waals surface area contributed by atoms with Gasteiger partial charge in [-0.1, -0.05) is 48.5 Å². The topological polar surface area (TPSA) is 167 Å². The van der Waals surface area contributed by atoms with E-state index < -0.39 is 18.2 Å². The Morgan fingerprint density at radius 1 is 0.907 bits per heavy atom. The summed E-state index contributed by atoms with van der Waals surface area (Å²) in [6.07, 6.45) is 2.37. The number of carboxylic acids is 1. The molecule has 0 bridgehead atoms. The van der Waals surface area contributed by atoms with Crippen molar-refractivity contribution in [1.29, 1.82) is 0 Å². The van der Waals surface area contributed by atoms with E-state index >= 15 is 0 Å². The Kier molecular flexibility index (Phi) is 12.1. The van der Waals surface area contributed by atoms with Crippen molar-refractivity contribution >= 4 is 29.5 Å². The summed E-state index contributed by atoms with van der Waals surface area (Å²) in [5.41, 5.74) is 5.16. The number of carboxylic acid groups (broad SMARTS) is 1. The van der Waals surface area contributed by atoms with Crippen LogP contribution in [0.3, 0.4) is 0 Å². The van der Waals surface area contributed by atoms with Crippen molar-refractivity contribution < 1.29 is 39.3 Å². The number of carbonyl (C=O) groups excluding carboxylic acids is 2. The predicted molar refractivity (Wildman–Crippen MR) is 157 cm³/mol. The summed E-state index contributed by atoms with van der Waals surface area (Å²) in [5.74, 6) is -1.16. The third-order valence-electron chi connectivity index (χ3n) is 6.95. The van der Waals surface area contributed by atoms with Gasteiger partial charge < -0.3 is 25.0 Å². The number of thioether (sulfide) groups is 1. The van der Waals surface area contributed by atoms with E-state index in [1.54, 1.807) is 17.7 Å². The summed E-state index contributed by atoms with van der Waals surface area (Å²) in [6, 6.07) is 18.3. The molecule has 3 atom stereocenters. The number of carbonyl (C=O) groups is 3. The standard InChI is InChI=1S/C31H35N3O8S/c35-18-21-9-11-22(12-10-21)26-16-24(19-43-29-25(30(38)39)4-3-15-32-29)41-31(42-26)23-13-7-20(8-14-23)17-33-27(36)5-1-2-6-28(37)34-40/h3-4,7-15,24,26,31,35,40H,1-2,5-6,16-19H2,(H,33,36)(H,34,37)(H,38,39)/t24-,26+,31+/m0/s1. The van der Waals surface area contributed by atoms with Crippen molar-refractivity contribution in [1.82, 2.24) is 15.8 Å². The SMILES string of the molecule is O=C(CCCCC(=O)NCc1ccc([C@@H]2O[C@H](CSc3ncccc3C(=O)O)C[C@H](c3ccc(CO)cc3)O2)cc1)NO. The molecule has 0 aliphatic carbocycles. The van der Waals surface area contributed by atoms with Crippen LogP contribution in [0.25, 0.3) is 0 Å². The number of aromatic carboxylic acids is 1. The molecule has 1 aliphatic heterocycles. The van der Waals surface area contributed by atoms with Gasteiger partial charge in [0.1, 0.15) is 5.03 Å². The predicted octanol–water partition coefficient (Wildman–Crippen LogP) is 4.29. The summed E-state index contributed by atoms with van der Waals surface area (Å²) in [6.45, 7) is 0.292. The molecular weight excluding hydrogens is 574 g/mol. The van der Waals surface area contributed by atoms with Crippen LogP contribution in [0.4, 0.5) is 0 Å². The first kappa shape index (κ1) is 32.1. The van der Waals surface area contributed by atoms with E-state index in [1.165, 1.54) is 17.8 Å². The van der Waals surface area contributed by atoms with Crippen molar-refractivity contribution in [2.45, 2.75) is 68.8 Å². The zero-order chi connectivity index (χ0) is 30.6. The number of aromatic nitrogens is 1. The Hall–Kier alpha value is -3.81. The van der Waals surface area contributed by atoms with E-state index in [1.807, 2.05) is 48.5 Å². The number of nitrogens with zero attached hydrogens (tertiary/aromatic N) is 1. The van der Waals surface area contributed by atoms with Crippen molar-refractivity contribution in [3.8, 4) is 0 Å². The highest BCUT2D eigenvalue weighted by Crippen LogP contribution is 2.39. The molecule has 0 unspecified atom stereocenters. The van der Waals surface area contributed by atoms with E-state index in [-0.39, 0.29) is 43.1 Å². The number of ether oxygens (including phenoxy) is 2. The molecule has 1 fully saturated rings. The fourth-order valence-electron chi connectivity index (χ4n) is 4.57. The average Bonchev–Trinajstić information content (AvgIpc) is 3.04. The fourth-order valence-corrected chi connectivity index (χ4v) is 5.58. The molecule has 228 valence electrons. The Balaban J connectivity index is 1.39. The number of aliphatic hydroxyl groups is 1. The second-order valence-electron chi connectivity index (χ2n) is 10.1. The molecule has 2 heterocycles. The minimum atomic E-state index is -1.04. The third-order valence-corrected chi connectivity index (χ3v) is 8.08. The maximum Gasteiger partial charge on any atom is 0.338 e. The molecule has 43 heavy (non-hydrogen) atoms. The molecule has 0 radical (unpaired) electrons. The third kappa shape index (κ3) is 9.60. The Labute approximate surface area is 253 Å². The van der Waals surface area contributed by atoms with E-state index in [0.29, 0.717) is 36.6 Å². The molecule has 5 N–H and O–H groups in total. The summed E-state index contributed by atoms with van der Waals surface area (Å²) >= 11 is 1.33. The first-order chi connectivity index (χ1) is 20.9. The van der Waals surface area contributed by atoms with E-state index in [9.17, 15) is 24.6 Å². The maximum absolute atomic E-state index is 12.2. The van der Waals surface area contributed by atoms with Crippen LogP contribution < -0.4 is 10.8 Å². The van der Waals surface area contributed by atoms with Gasteiger partial charge >= 0.3 is 5.97 Å². The summed E-state index contributed by atoms with van der Waals surface area (Å²) in [5, 5.41) is 30.8. The minimum absolute atomic E-state index is 0.0526. The van der Waals surface area contributed by atoms with Crippen molar-refractivity contribution in [3.63, 3.8) is 0 Å². The molecular formula is C31H35N3O8S. The highest BCUT2D eigenvalue weighted by atomic mass is 32.2. The molecule has 4 rings (SSSR count). The largest absolute Gasteiger partial charge is 0.478 e. The molecule has 2 aromatic carbocycles. The highest BCUT2D eigenvalue weighted by Gasteiger charge is 2.32. The highest BCUT2D eigenvalue weighted by molar-refractivity contribution is 7.99. The van der Waals surface area contributed by atoms with Gasteiger partial charge in [0.05, 0.1) is 24.4 Å². The van der Waals surface area contributed by atoms with Crippen LogP contribution in [0, 0.1) is 0 Å². The van der Waals surface area contributed by atoms with Crippen LogP contribution in [0.15, 0.2) is 71.9 Å². The van der Waals surface area contributed by atoms with Gasteiger partial charge in [-0.25, -0.2) is 15.3 Å². The minimum Gasteiger partial charge on any atom is -0.478 e. The number of unbranched alkanes of at least 4 members (excludes halogenated alkanes) is 1. The number of hydroxylamine groups is 1. The number of benzene rings is 2. The monoisotopic (exact) mass is 609 g/mol. The normalized spacial score (nSPS) is 18.1.